The Labute approximate surface area is 288 Å². The summed E-state index contributed by atoms with van der Waals surface area (Å²) in [5, 5.41) is 17.2. The number of aliphatic hydroxyl groups excluding tert-OH is 1. The van der Waals surface area contributed by atoms with Crippen LogP contribution in [0.5, 0.6) is 0 Å². The van der Waals surface area contributed by atoms with Crippen molar-refractivity contribution in [1.82, 2.24) is 10.1 Å². The summed E-state index contributed by atoms with van der Waals surface area (Å²) < 4.78 is 0. The molecule has 4 amide bonds. The number of carbonyl (C=O) groups excluding carboxylic acids is 4. The quantitative estimate of drug-likeness (QED) is 0.0719. The molecule has 2 heterocycles. The van der Waals surface area contributed by atoms with Crippen LogP contribution in [0, 0.1) is 91.1 Å². The SMILES string of the molecule is C.CCO.NN.O=C1c2ccccc2C(=O)N1O.[CH2-]C#CC#CBr.[CH2-]C#CC#CON.[CH2-]C#CC#CON1C(=O)c2ccccc2C1=O. The van der Waals surface area contributed by atoms with E-state index in [9.17, 15) is 19.2 Å². The highest BCUT2D eigenvalue weighted by Crippen LogP contribution is 2.22. The van der Waals surface area contributed by atoms with Crippen LogP contribution in [0.1, 0.15) is 55.8 Å². The van der Waals surface area contributed by atoms with Gasteiger partial charge in [-0.2, -0.15) is 26.7 Å². The molecule has 8 N–H and O–H groups in total. The number of halogens is 1. The van der Waals surface area contributed by atoms with Gasteiger partial charge < -0.3 is 14.8 Å². The molecular formula is C34H31BrN5O8-3. The number of hydroxylamine groups is 4. The van der Waals surface area contributed by atoms with Gasteiger partial charge in [0.15, 0.2) is 0 Å². The number of hydrogen-bond acceptors (Lipinski definition) is 11. The molecule has 2 aliphatic heterocycles. The van der Waals surface area contributed by atoms with Crippen LogP contribution in [0.15, 0.2) is 48.5 Å². The topological polar surface area (TPSA) is 212 Å². The molecule has 2 aliphatic rings. The summed E-state index contributed by atoms with van der Waals surface area (Å²) in [4.78, 5) is 56.6. The first kappa shape index (κ1) is 46.0. The standard InChI is InChI=1S/C13H6NO3.C8H5NO3.C5H2Br.C5H4NO.C2H6O.CH4.H4N2/c1-2-3-6-9-17-14-12(15)10-7-4-5-8-11(10)13(14)16;10-7-5-3-1-2-4-6(5)8(11)9(7)12;1-2-3-4-5-6;1-2-3-4-5-7-6;1-2-3;;1-2/h4-5,7-8H,1H2;1-4,12H;1H2;1,6H2;3H,2H2,1H3;1H4;1-2H2/q-1;;2*-1;;;. The van der Waals surface area contributed by atoms with Crippen LogP contribution in [0.2, 0.25) is 0 Å². The molecule has 0 aliphatic carbocycles. The monoisotopic (exact) mass is 716 g/mol. The Kier molecular flexibility index (Phi) is 28.1. The van der Waals surface area contributed by atoms with E-state index in [0.29, 0.717) is 16.2 Å². The molecule has 0 bridgehead atoms. The van der Waals surface area contributed by atoms with Gasteiger partial charge in [-0.15, -0.1) is 11.0 Å². The second kappa shape index (κ2) is 29.3. The third kappa shape index (κ3) is 16.0. The Hall–Kier alpha value is -6.43. The van der Waals surface area contributed by atoms with E-state index in [2.05, 4.69) is 129 Å². The molecular weight excluding hydrogens is 686 g/mol. The number of imide groups is 2. The first-order valence-electron chi connectivity index (χ1n) is 12.2. The number of nitrogens with two attached hydrogens (primary N) is 3. The normalized spacial score (nSPS) is 9.65. The molecule has 0 aromatic heterocycles. The highest BCUT2D eigenvalue weighted by atomic mass is 79.9. The van der Waals surface area contributed by atoms with Crippen molar-refractivity contribution in [1.29, 1.82) is 0 Å². The number of benzene rings is 2. The minimum Gasteiger partial charge on any atom is -0.397 e. The average Bonchev–Trinajstić information content (AvgIpc) is 3.48. The maximum absolute atomic E-state index is 11.7. The lowest BCUT2D eigenvalue weighted by Gasteiger charge is -2.07. The summed E-state index contributed by atoms with van der Waals surface area (Å²) in [6.45, 7) is 11.6. The van der Waals surface area contributed by atoms with E-state index in [1.165, 1.54) is 12.1 Å². The molecule has 4 rings (SSSR count). The number of amides is 4. The Morgan fingerprint density at radius 2 is 1.04 bits per heavy atom. The second-order valence-electron chi connectivity index (χ2n) is 7.02. The molecule has 0 saturated carbocycles. The molecule has 0 atom stereocenters. The fraction of sp³-hybridized carbons (Fsp3) is 0.0882. The maximum Gasteiger partial charge on any atom is 0.296 e. The van der Waals surface area contributed by atoms with Gasteiger partial charge in [0, 0.05) is 22.5 Å². The summed E-state index contributed by atoms with van der Waals surface area (Å²) in [5.41, 5.74) is 1.13. The van der Waals surface area contributed by atoms with Crippen LogP contribution >= 0.6 is 15.9 Å². The van der Waals surface area contributed by atoms with Gasteiger partial charge in [-0.1, -0.05) is 48.6 Å². The van der Waals surface area contributed by atoms with Crippen molar-refractivity contribution in [2.75, 3.05) is 6.61 Å². The van der Waals surface area contributed by atoms with Crippen LogP contribution in [-0.2, 0) is 9.68 Å². The van der Waals surface area contributed by atoms with Gasteiger partial charge in [0.2, 0.25) is 0 Å². The molecule has 2 aromatic rings. The van der Waals surface area contributed by atoms with Crippen molar-refractivity contribution in [3.63, 3.8) is 0 Å². The zero-order valence-electron chi connectivity index (χ0n) is 24.8. The van der Waals surface area contributed by atoms with Crippen LogP contribution in [-0.4, -0.2) is 50.7 Å². The molecule has 0 spiro atoms. The largest absolute Gasteiger partial charge is 0.397 e. The lowest BCUT2D eigenvalue weighted by molar-refractivity contribution is -0.0329. The second-order valence-corrected chi connectivity index (χ2v) is 7.42. The van der Waals surface area contributed by atoms with Crippen molar-refractivity contribution in [3.05, 3.63) is 91.6 Å². The smallest absolute Gasteiger partial charge is 0.296 e. The summed E-state index contributed by atoms with van der Waals surface area (Å²) in [5.74, 6) is 31.2. The zero-order chi connectivity index (χ0) is 36.0. The molecule has 13 nitrogen and oxygen atoms in total. The third-order valence-corrected chi connectivity index (χ3v) is 4.53. The third-order valence-electron chi connectivity index (χ3n) is 4.33. The van der Waals surface area contributed by atoms with E-state index in [1.807, 2.05) is 0 Å². The van der Waals surface area contributed by atoms with Gasteiger partial charge in [-0.25, -0.2) is 17.8 Å². The Morgan fingerprint density at radius 1 is 0.708 bits per heavy atom. The van der Waals surface area contributed by atoms with Crippen LogP contribution in [0.4, 0.5) is 0 Å². The van der Waals surface area contributed by atoms with Gasteiger partial charge in [0.1, 0.15) is 12.2 Å². The minimum absolute atomic E-state index is 0. The van der Waals surface area contributed by atoms with E-state index in [-0.39, 0.29) is 30.2 Å². The number of aliphatic hydroxyl groups is 1. The number of carbonyl (C=O) groups is 4. The van der Waals surface area contributed by atoms with E-state index in [0.717, 1.165) is 0 Å². The Bertz CT molecular complexity index is 1670. The predicted molar refractivity (Wildman–Crippen MR) is 182 cm³/mol. The van der Waals surface area contributed by atoms with Crippen LogP contribution in [0.25, 0.3) is 0 Å². The van der Waals surface area contributed by atoms with Gasteiger partial charge in [-0.05, 0) is 36.0 Å². The van der Waals surface area contributed by atoms with Crippen molar-refractivity contribution in [2.45, 2.75) is 14.4 Å². The van der Waals surface area contributed by atoms with Crippen molar-refractivity contribution in [2.24, 2.45) is 17.6 Å². The number of nitrogens with zero attached hydrogens (tertiary/aromatic N) is 2. The van der Waals surface area contributed by atoms with Crippen LogP contribution in [0.3, 0.4) is 0 Å². The number of hydrazine groups is 1. The lowest BCUT2D eigenvalue weighted by atomic mass is 10.1. The summed E-state index contributed by atoms with van der Waals surface area (Å²) in [6.07, 6.45) is 4.21. The van der Waals surface area contributed by atoms with E-state index < -0.39 is 23.6 Å². The van der Waals surface area contributed by atoms with Gasteiger partial charge in [-0.3, -0.25) is 53.8 Å². The molecule has 250 valence electrons. The van der Waals surface area contributed by atoms with Crippen molar-refractivity contribution < 1.29 is 39.2 Å². The molecule has 0 radical (unpaired) electrons. The summed E-state index contributed by atoms with van der Waals surface area (Å²) in [7, 11) is 0. The molecule has 2 aromatic carbocycles. The minimum atomic E-state index is -0.657. The fourth-order valence-electron chi connectivity index (χ4n) is 2.73. The number of fused-ring (bicyclic) bond motifs is 2. The van der Waals surface area contributed by atoms with E-state index >= 15 is 0 Å². The Morgan fingerprint density at radius 3 is 1.35 bits per heavy atom. The highest BCUT2D eigenvalue weighted by molar-refractivity contribution is 9.12. The van der Waals surface area contributed by atoms with Gasteiger partial charge in [0.05, 0.1) is 22.3 Å². The summed E-state index contributed by atoms with van der Waals surface area (Å²) in [6, 6.07) is 12.8. The lowest BCUT2D eigenvalue weighted by Crippen LogP contribution is -2.28. The molecule has 0 saturated heterocycles. The van der Waals surface area contributed by atoms with Gasteiger partial charge >= 0.3 is 0 Å². The average molecular weight is 718 g/mol. The Balaban J connectivity index is -0.000000573. The molecule has 0 fully saturated rings. The van der Waals surface area contributed by atoms with Crippen LogP contribution < -0.4 is 17.6 Å². The molecule has 14 heteroatoms. The van der Waals surface area contributed by atoms with E-state index in [1.54, 1.807) is 43.3 Å². The van der Waals surface area contributed by atoms with Crippen molar-refractivity contribution in [3.8, 4) is 70.3 Å². The maximum atomic E-state index is 11.7. The molecule has 48 heavy (non-hydrogen) atoms. The fourth-order valence-corrected chi connectivity index (χ4v) is 2.83. The first-order chi connectivity index (χ1) is 22.7. The summed E-state index contributed by atoms with van der Waals surface area (Å²) >= 11 is 2.86. The number of rotatable bonds is 1. The first-order valence-corrected chi connectivity index (χ1v) is 13.0. The molecule has 0 unspecified atom stereocenters. The van der Waals surface area contributed by atoms with Gasteiger partial charge in [0.25, 0.3) is 23.6 Å². The predicted octanol–water partition coefficient (Wildman–Crippen LogP) is 1.99. The highest BCUT2D eigenvalue weighted by Gasteiger charge is 2.37. The number of hydrogen-bond donors (Lipinski definition) is 5. The zero-order valence-corrected chi connectivity index (χ0v) is 26.4. The van der Waals surface area contributed by atoms with Crippen molar-refractivity contribution >= 4 is 39.6 Å². The van der Waals surface area contributed by atoms with E-state index in [4.69, 9.17) is 15.2 Å².